The van der Waals surface area contributed by atoms with Gasteiger partial charge in [0.05, 0.1) is 26.4 Å². The van der Waals surface area contributed by atoms with Gasteiger partial charge < -0.3 is 14.9 Å². The highest BCUT2D eigenvalue weighted by Crippen LogP contribution is 2.37. The van der Waals surface area contributed by atoms with Gasteiger partial charge in [0.25, 0.3) is 0 Å². The highest BCUT2D eigenvalue weighted by Gasteiger charge is 2.24. The van der Waals surface area contributed by atoms with Crippen molar-refractivity contribution in [3.63, 3.8) is 0 Å². The highest BCUT2D eigenvalue weighted by atomic mass is 17.2. The number of ether oxygens (including phenoxy) is 1. The molecule has 0 saturated carbocycles. The molecule has 2 rings (SSSR count). The van der Waals surface area contributed by atoms with E-state index in [4.69, 9.17) is 4.74 Å². The van der Waals surface area contributed by atoms with Gasteiger partial charge in [0.15, 0.2) is 0 Å². The van der Waals surface area contributed by atoms with Crippen molar-refractivity contribution in [1.29, 1.82) is 0 Å². The molecule has 1 heterocycles. The van der Waals surface area contributed by atoms with Crippen molar-refractivity contribution in [2.24, 2.45) is 0 Å². The van der Waals surface area contributed by atoms with E-state index in [1.165, 1.54) is 14.2 Å². The molecular formula is C13H20O5. The smallest absolute Gasteiger partial charge is 0.123 e. The minimum absolute atomic E-state index is 0.141. The van der Waals surface area contributed by atoms with Gasteiger partial charge in [-0.2, -0.15) is 0 Å². The van der Waals surface area contributed by atoms with Crippen molar-refractivity contribution in [1.82, 2.24) is 0 Å². The normalized spacial score (nSPS) is 13.4. The van der Waals surface area contributed by atoms with Crippen LogP contribution in [-0.2, 0) is 21.8 Å². The molecule has 0 amide bonds. The van der Waals surface area contributed by atoms with E-state index in [1.807, 2.05) is 0 Å². The maximum Gasteiger partial charge on any atom is 0.123 e. The third-order valence-corrected chi connectivity index (χ3v) is 2.63. The molecule has 102 valence electrons. The van der Waals surface area contributed by atoms with Crippen LogP contribution in [0.3, 0.4) is 0 Å². The number of fused-ring (bicyclic) bond motifs is 1. The molecule has 0 radical (unpaired) electrons. The van der Waals surface area contributed by atoms with Crippen LogP contribution >= 0.6 is 0 Å². The molecule has 1 aromatic rings. The fraction of sp³-hybridized carbons (Fsp3) is 0.538. The average Bonchev–Trinajstić information content (AvgIpc) is 2.74. The fourth-order valence-corrected chi connectivity index (χ4v) is 1.70. The zero-order valence-corrected chi connectivity index (χ0v) is 11.2. The van der Waals surface area contributed by atoms with E-state index in [0.717, 1.165) is 17.7 Å². The first-order valence-electron chi connectivity index (χ1n) is 5.68. The summed E-state index contributed by atoms with van der Waals surface area (Å²) >= 11 is 0. The molecule has 0 fully saturated rings. The molecule has 0 aliphatic carbocycles. The Hall–Kier alpha value is -1.30. The second kappa shape index (κ2) is 6.04. The molecule has 0 saturated heterocycles. The van der Waals surface area contributed by atoms with Gasteiger partial charge >= 0.3 is 0 Å². The third kappa shape index (κ3) is 3.60. The summed E-state index contributed by atoms with van der Waals surface area (Å²) < 4.78 is 5.37. The molecule has 0 atom stereocenters. The van der Waals surface area contributed by atoms with E-state index in [9.17, 15) is 10.2 Å². The Bertz CT molecular complexity index is 393. The predicted octanol–water partition coefficient (Wildman–Crippen LogP) is 1.75. The number of rotatable bonds is 2. The molecule has 18 heavy (non-hydrogen) atoms. The SMILES string of the molecule is CC(C)(O)c1cc2c(cc1O)CCO2.COOC. The van der Waals surface area contributed by atoms with Gasteiger partial charge in [-0.05, 0) is 26.0 Å². The fourth-order valence-electron chi connectivity index (χ4n) is 1.70. The molecule has 0 aromatic heterocycles. The van der Waals surface area contributed by atoms with Crippen LogP contribution < -0.4 is 4.74 Å². The minimum atomic E-state index is -1.04. The molecule has 1 aliphatic rings. The number of phenolic OH excluding ortho intramolecular Hbond substituents is 1. The van der Waals surface area contributed by atoms with Crippen molar-refractivity contribution in [2.45, 2.75) is 25.9 Å². The van der Waals surface area contributed by atoms with Crippen LogP contribution in [0.2, 0.25) is 0 Å². The van der Waals surface area contributed by atoms with E-state index in [2.05, 4.69) is 9.78 Å². The Morgan fingerprint density at radius 3 is 2.33 bits per heavy atom. The van der Waals surface area contributed by atoms with Crippen LogP contribution in [-0.4, -0.2) is 31.0 Å². The molecule has 5 nitrogen and oxygen atoms in total. The van der Waals surface area contributed by atoms with Gasteiger partial charge in [-0.3, -0.25) is 0 Å². The maximum absolute atomic E-state index is 9.79. The largest absolute Gasteiger partial charge is 0.508 e. The Morgan fingerprint density at radius 1 is 1.22 bits per heavy atom. The second-order valence-corrected chi connectivity index (χ2v) is 4.47. The van der Waals surface area contributed by atoms with Crippen LogP contribution in [0.5, 0.6) is 11.5 Å². The third-order valence-electron chi connectivity index (χ3n) is 2.63. The zero-order valence-electron chi connectivity index (χ0n) is 11.2. The van der Waals surface area contributed by atoms with Gasteiger partial charge in [-0.15, -0.1) is 0 Å². The minimum Gasteiger partial charge on any atom is -0.508 e. The second-order valence-electron chi connectivity index (χ2n) is 4.47. The summed E-state index contributed by atoms with van der Waals surface area (Å²) in [5.74, 6) is 0.918. The summed E-state index contributed by atoms with van der Waals surface area (Å²) in [6.07, 6.45) is 0.828. The molecule has 0 unspecified atom stereocenters. The highest BCUT2D eigenvalue weighted by molar-refractivity contribution is 5.49. The molecular weight excluding hydrogens is 236 g/mol. The van der Waals surface area contributed by atoms with Crippen molar-refractivity contribution in [3.8, 4) is 11.5 Å². The Labute approximate surface area is 107 Å². The number of hydrogen-bond acceptors (Lipinski definition) is 5. The van der Waals surface area contributed by atoms with Crippen LogP contribution in [0, 0.1) is 0 Å². The summed E-state index contributed by atoms with van der Waals surface area (Å²) in [6, 6.07) is 3.40. The summed E-state index contributed by atoms with van der Waals surface area (Å²) in [5.41, 5.74) is 0.485. The van der Waals surface area contributed by atoms with E-state index in [0.29, 0.717) is 12.2 Å². The van der Waals surface area contributed by atoms with Crippen molar-refractivity contribution in [2.75, 3.05) is 20.8 Å². The average molecular weight is 256 g/mol. The summed E-state index contributed by atoms with van der Waals surface area (Å²) in [5, 5.41) is 19.5. The Balaban J connectivity index is 0.000000357. The monoisotopic (exact) mass is 256 g/mol. The topological polar surface area (TPSA) is 68.2 Å². The van der Waals surface area contributed by atoms with E-state index in [-0.39, 0.29) is 5.75 Å². The van der Waals surface area contributed by atoms with E-state index >= 15 is 0 Å². The van der Waals surface area contributed by atoms with Crippen molar-refractivity contribution < 1.29 is 24.7 Å². The zero-order chi connectivity index (χ0) is 13.8. The number of phenols is 1. The first kappa shape index (κ1) is 14.8. The molecule has 5 heteroatoms. The van der Waals surface area contributed by atoms with Crippen LogP contribution in [0.25, 0.3) is 0 Å². The lowest BCUT2D eigenvalue weighted by atomic mass is 9.95. The lowest BCUT2D eigenvalue weighted by Crippen LogP contribution is -2.15. The first-order valence-corrected chi connectivity index (χ1v) is 5.68. The molecule has 1 aliphatic heterocycles. The first-order chi connectivity index (χ1) is 8.40. The number of benzene rings is 1. The summed E-state index contributed by atoms with van der Waals surface area (Å²) in [6.45, 7) is 3.94. The standard InChI is InChI=1S/C11H14O3.C2H6O2/c1-11(2,13)8-6-10-7(3-4-14-10)5-9(8)12;1-3-4-2/h5-6,12-13H,3-4H2,1-2H3;1-2H3. The molecule has 0 spiro atoms. The predicted molar refractivity (Wildman–Crippen MR) is 66.6 cm³/mol. The number of hydrogen-bond donors (Lipinski definition) is 2. The number of aliphatic hydroxyl groups is 1. The quantitative estimate of drug-likeness (QED) is 0.623. The summed E-state index contributed by atoms with van der Waals surface area (Å²) in [4.78, 5) is 8.08. The van der Waals surface area contributed by atoms with Crippen LogP contribution in [0.1, 0.15) is 25.0 Å². The van der Waals surface area contributed by atoms with Gasteiger partial charge in [0.2, 0.25) is 0 Å². The molecule has 0 bridgehead atoms. The Morgan fingerprint density at radius 2 is 1.83 bits per heavy atom. The van der Waals surface area contributed by atoms with Gasteiger partial charge in [-0.1, -0.05) is 0 Å². The van der Waals surface area contributed by atoms with Gasteiger partial charge in [0.1, 0.15) is 11.5 Å². The molecule has 1 aromatic carbocycles. The van der Waals surface area contributed by atoms with Gasteiger partial charge in [-0.25, -0.2) is 9.78 Å². The van der Waals surface area contributed by atoms with Crippen LogP contribution in [0.15, 0.2) is 12.1 Å². The summed E-state index contributed by atoms with van der Waals surface area (Å²) in [7, 11) is 2.92. The van der Waals surface area contributed by atoms with Crippen molar-refractivity contribution >= 4 is 0 Å². The van der Waals surface area contributed by atoms with E-state index in [1.54, 1.807) is 26.0 Å². The number of aromatic hydroxyl groups is 1. The lowest BCUT2D eigenvalue weighted by molar-refractivity contribution is -0.248. The lowest BCUT2D eigenvalue weighted by Gasteiger charge is -2.19. The van der Waals surface area contributed by atoms with E-state index < -0.39 is 5.60 Å². The Kier molecular flexibility index (Phi) is 4.95. The van der Waals surface area contributed by atoms with Gasteiger partial charge in [0, 0.05) is 17.5 Å². The maximum atomic E-state index is 9.79. The van der Waals surface area contributed by atoms with Crippen molar-refractivity contribution in [3.05, 3.63) is 23.3 Å². The van der Waals surface area contributed by atoms with Crippen LogP contribution in [0.4, 0.5) is 0 Å². The molecule has 2 N–H and O–H groups in total.